The third-order valence-corrected chi connectivity index (χ3v) is 2.46. The third-order valence-electron chi connectivity index (χ3n) is 2.46. The maximum Gasteiger partial charge on any atom is 0.231 e. The van der Waals surface area contributed by atoms with Crippen molar-refractivity contribution in [3.63, 3.8) is 0 Å². The number of nitrogens with two attached hydrogens (primary N) is 1. The van der Waals surface area contributed by atoms with Gasteiger partial charge in [0.15, 0.2) is 0 Å². The highest BCUT2D eigenvalue weighted by atomic mass is 16.1. The van der Waals surface area contributed by atoms with Crippen LogP contribution < -0.4 is 11.1 Å². The first kappa shape index (κ1) is 11.0. The van der Waals surface area contributed by atoms with Crippen molar-refractivity contribution in [2.24, 2.45) is 5.73 Å². The summed E-state index contributed by atoms with van der Waals surface area (Å²) < 4.78 is 0. The smallest absolute Gasteiger partial charge is 0.231 e. The number of carbonyl (C=O) groups excluding carboxylic acids is 1. The van der Waals surface area contributed by atoms with E-state index in [1.54, 1.807) is 0 Å². The molecule has 0 aromatic rings. The molecule has 78 valence electrons. The number of nitrogens with zero attached hydrogens (tertiary/aromatic N) is 2. The predicted octanol–water partition coefficient (Wildman–Crippen LogP) is -0.951. The van der Waals surface area contributed by atoms with Crippen LogP contribution in [0.25, 0.3) is 0 Å². The minimum atomic E-state index is -0.362. The maximum absolute atomic E-state index is 10.8. The molecule has 5 heteroatoms. The Bertz CT molecular complexity index is 229. The zero-order valence-electron chi connectivity index (χ0n) is 8.20. The Hall–Kier alpha value is -1.12. The number of nitrogens with one attached hydrogen (secondary N) is 1. The summed E-state index contributed by atoms with van der Waals surface area (Å²) in [5, 5.41) is 11.9. The average Bonchev–Trinajstić information content (AvgIpc) is 2.18. The molecule has 0 aromatic carbocycles. The summed E-state index contributed by atoms with van der Waals surface area (Å²) in [6, 6.07) is 2.39. The van der Waals surface area contributed by atoms with Gasteiger partial charge in [0.1, 0.15) is 0 Å². The van der Waals surface area contributed by atoms with E-state index in [-0.39, 0.29) is 19.0 Å². The van der Waals surface area contributed by atoms with Crippen molar-refractivity contribution in [1.82, 2.24) is 10.2 Å². The lowest BCUT2D eigenvalue weighted by Crippen LogP contribution is -2.46. The van der Waals surface area contributed by atoms with Crippen molar-refractivity contribution in [2.75, 3.05) is 26.2 Å². The van der Waals surface area contributed by atoms with Crippen LogP contribution in [0.3, 0.4) is 0 Å². The van der Waals surface area contributed by atoms with Crippen LogP contribution >= 0.6 is 0 Å². The second-order valence-corrected chi connectivity index (χ2v) is 3.51. The summed E-state index contributed by atoms with van der Waals surface area (Å²) >= 11 is 0. The summed E-state index contributed by atoms with van der Waals surface area (Å²) in [6.07, 6.45) is 1.96. The van der Waals surface area contributed by atoms with Crippen LogP contribution in [0.4, 0.5) is 0 Å². The molecular formula is C9H16N4O. The average molecular weight is 196 g/mol. The molecule has 1 amide bonds. The van der Waals surface area contributed by atoms with E-state index in [0.717, 1.165) is 25.9 Å². The Morgan fingerprint density at radius 3 is 2.71 bits per heavy atom. The maximum atomic E-state index is 10.8. The topological polar surface area (TPSA) is 82.2 Å². The van der Waals surface area contributed by atoms with Crippen LogP contribution in [0.2, 0.25) is 0 Å². The number of hydrogen-bond donors (Lipinski definition) is 2. The number of hydrogen-bond acceptors (Lipinski definition) is 4. The van der Waals surface area contributed by atoms with Gasteiger partial charge in [-0.05, 0) is 25.9 Å². The van der Waals surface area contributed by atoms with Gasteiger partial charge in [0.05, 0.1) is 19.2 Å². The lowest BCUT2D eigenvalue weighted by molar-refractivity contribution is -0.119. The lowest BCUT2D eigenvalue weighted by Gasteiger charge is -2.31. The van der Waals surface area contributed by atoms with Crippen molar-refractivity contribution in [3.05, 3.63) is 0 Å². The summed E-state index contributed by atoms with van der Waals surface area (Å²) in [4.78, 5) is 12.6. The first-order valence-corrected chi connectivity index (χ1v) is 4.84. The van der Waals surface area contributed by atoms with E-state index >= 15 is 0 Å². The predicted molar refractivity (Wildman–Crippen MR) is 52.3 cm³/mol. The van der Waals surface area contributed by atoms with E-state index in [4.69, 9.17) is 11.0 Å². The minimum Gasteiger partial charge on any atom is -0.369 e. The van der Waals surface area contributed by atoms with Gasteiger partial charge in [-0.3, -0.25) is 9.69 Å². The fraction of sp³-hybridized carbons (Fsp3) is 0.778. The van der Waals surface area contributed by atoms with Gasteiger partial charge in [0.2, 0.25) is 5.91 Å². The molecule has 0 atom stereocenters. The molecule has 14 heavy (non-hydrogen) atoms. The fourth-order valence-corrected chi connectivity index (χ4v) is 1.78. The van der Waals surface area contributed by atoms with Crippen molar-refractivity contribution in [2.45, 2.75) is 18.9 Å². The molecule has 0 saturated carbocycles. The Balaban J connectivity index is 2.47. The Morgan fingerprint density at radius 2 is 2.21 bits per heavy atom. The van der Waals surface area contributed by atoms with Crippen molar-refractivity contribution in [1.29, 1.82) is 5.26 Å². The first-order chi connectivity index (χ1) is 6.74. The third kappa shape index (κ3) is 3.32. The van der Waals surface area contributed by atoms with E-state index in [2.05, 4.69) is 11.4 Å². The van der Waals surface area contributed by atoms with E-state index in [1.807, 2.05) is 4.90 Å². The number of carbonyl (C=O) groups is 1. The number of primary amides is 1. The summed E-state index contributed by atoms with van der Waals surface area (Å²) in [7, 11) is 0. The molecule has 1 heterocycles. The van der Waals surface area contributed by atoms with E-state index < -0.39 is 0 Å². The van der Waals surface area contributed by atoms with Gasteiger partial charge in [-0.1, -0.05) is 0 Å². The van der Waals surface area contributed by atoms with Gasteiger partial charge < -0.3 is 11.1 Å². The number of piperidine rings is 1. The highest BCUT2D eigenvalue weighted by Gasteiger charge is 2.21. The highest BCUT2D eigenvalue weighted by Crippen LogP contribution is 2.10. The van der Waals surface area contributed by atoms with Crippen LogP contribution in [-0.4, -0.2) is 43.0 Å². The van der Waals surface area contributed by atoms with Crippen molar-refractivity contribution in [3.8, 4) is 6.07 Å². The standard InChI is InChI=1S/C9H16N4O/c10-3-6-13(7-9(11)14)8-1-4-12-5-2-8/h8,12H,1-2,4-7H2,(H2,11,14). The quantitative estimate of drug-likeness (QED) is 0.568. The molecule has 0 aliphatic carbocycles. The molecule has 5 nitrogen and oxygen atoms in total. The summed E-state index contributed by atoms with van der Waals surface area (Å²) in [5.41, 5.74) is 5.12. The molecule has 3 N–H and O–H groups in total. The van der Waals surface area contributed by atoms with Crippen molar-refractivity contribution < 1.29 is 4.79 Å². The van der Waals surface area contributed by atoms with Crippen LogP contribution in [-0.2, 0) is 4.79 Å². The zero-order chi connectivity index (χ0) is 10.4. The highest BCUT2D eigenvalue weighted by molar-refractivity contribution is 5.76. The van der Waals surface area contributed by atoms with Crippen LogP contribution in [0, 0.1) is 11.3 Å². The summed E-state index contributed by atoms with van der Waals surface area (Å²) in [6.45, 7) is 2.38. The van der Waals surface area contributed by atoms with Gasteiger partial charge in [-0.25, -0.2) is 0 Å². The number of nitriles is 1. The molecule has 0 bridgehead atoms. The number of rotatable bonds is 4. The normalized spacial score (nSPS) is 18.0. The van der Waals surface area contributed by atoms with E-state index in [9.17, 15) is 4.79 Å². The van der Waals surface area contributed by atoms with Gasteiger partial charge in [-0.2, -0.15) is 5.26 Å². The SMILES string of the molecule is N#CCN(CC(N)=O)C1CCNCC1. The van der Waals surface area contributed by atoms with Crippen molar-refractivity contribution >= 4 is 5.91 Å². The van der Waals surface area contributed by atoms with E-state index in [1.165, 1.54) is 0 Å². The Morgan fingerprint density at radius 1 is 1.57 bits per heavy atom. The lowest BCUT2D eigenvalue weighted by atomic mass is 10.0. The molecule has 1 aliphatic heterocycles. The largest absolute Gasteiger partial charge is 0.369 e. The molecule has 0 unspecified atom stereocenters. The van der Waals surface area contributed by atoms with Gasteiger partial charge in [0, 0.05) is 6.04 Å². The molecule has 1 fully saturated rings. The molecule has 0 radical (unpaired) electrons. The fourth-order valence-electron chi connectivity index (χ4n) is 1.78. The molecular weight excluding hydrogens is 180 g/mol. The number of amides is 1. The second-order valence-electron chi connectivity index (χ2n) is 3.51. The van der Waals surface area contributed by atoms with Gasteiger partial charge in [-0.15, -0.1) is 0 Å². The summed E-state index contributed by atoms with van der Waals surface area (Å²) in [5.74, 6) is -0.362. The van der Waals surface area contributed by atoms with Crippen LogP contribution in [0.5, 0.6) is 0 Å². The Kier molecular flexibility index (Phi) is 4.36. The van der Waals surface area contributed by atoms with Crippen LogP contribution in [0.15, 0.2) is 0 Å². The molecule has 0 aromatic heterocycles. The molecule has 1 saturated heterocycles. The first-order valence-electron chi connectivity index (χ1n) is 4.84. The van der Waals surface area contributed by atoms with Crippen LogP contribution in [0.1, 0.15) is 12.8 Å². The Labute approximate surface area is 83.9 Å². The zero-order valence-corrected chi connectivity index (χ0v) is 8.20. The van der Waals surface area contributed by atoms with Gasteiger partial charge >= 0.3 is 0 Å². The molecule has 1 rings (SSSR count). The minimum absolute atomic E-state index is 0.193. The second kappa shape index (κ2) is 5.58. The van der Waals surface area contributed by atoms with E-state index in [0.29, 0.717) is 6.04 Å². The monoisotopic (exact) mass is 196 g/mol. The van der Waals surface area contributed by atoms with Gasteiger partial charge in [0.25, 0.3) is 0 Å². The molecule has 0 spiro atoms. The molecule has 1 aliphatic rings.